The fraction of sp³-hybridized carbons (Fsp3) is 0.389. The van der Waals surface area contributed by atoms with Gasteiger partial charge in [0.05, 0.1) is 16.7 Å². The number of nitrogen functional groups attached to an aromatic ring is 1. The summed E-state index contributed by atoms with van der Waals surface area (Å²) < 4.78 is 3.32. The third-order valence-electron chi connectivity index (χ3n) is 5.00. The molecule has 0 aliphatic carbocycles. The van der Waals surface area contributed by atoms with Gasteiger partial charge in [0.25, 0.3) is 0 Å². The Labute approximate surface area is 151 Å². The van der Waals surface area contributed by atoms with E-state index in [1.54, 1.807) is 23.2 Å². The van der Waals surface area contributed by atoms with E-state index in [0.717, 1.165) is 59.6 Å². The number of anilines is 2. The highest BCUT2D eigenvalue weighted by Gasteiger charge is 2.16. The van der Waals surface area contributed by atoms with Crippen molar-refractivity contribution in [1.82, 2.24) is 24.4 Å². The predicted octanol–water partition coefficient (Wildman–Crippen LogP) is 0.550. The quantitative estimate of drug-likeness (QED) is 0.635. The highest BCUT2D eigenvalue weighted by atomic mass is 16.1. The second-order valence-electron chi connectivity index (χ2n) is 6.68. The maximum atomic E-state index is 12.1. The minimum absolute atomic E-state index is 0.0218. The van der Waals surface area contributed by atoms with Crippen LogP contribution in [0.3, 0.4) is 0 Å². The molecule has 2 aromatic heterocycles. The van der Waals surface area contributed by atoms with E-state index in [1.807, 2.05) is 18.2 Å². The number of fused-ring (bicyclic) bond motifs is 2. The van der Waals surface area contributed by atoms with E-state index in [9.17, 15) is 4.79 Å². The van der Waals surface area contributed by atoms with Crippen molar-refractivity contribution in [2.75, 3.05) is 24.1 Å². The second kappa shape index (κ2) is 6.45. The molecule has 0 saturated carbocycles. The fourth-order valence-electron chi connectivity index (χ4n) is 3.56. The first-order chi connectivity index (χ1) is 12.5. The molecule has 3 heterocycles. The number of benzene rings is 1. The molecule has 1 aromatic carbocycles. The van der Waals surface area contributed by atoms with Crippen LogP contribution in [0, 0.1) is 0 Å². The van der Waals surface area contributed by atoms with E-state index in [1.165, 1.54) is 0 Å². The van der Waals surface area contributed by atoms with Crippen molar-refractivity contribution in [2.24, 2.45) is 14.1 Å². The van der Waals surface area contributed by atoms with Gasteiger partial charge in [0.1, 0.15) is 5.82 Å². The summed E-state index contributed by atoms with van der Waals surface area (Å²) in [5.74, 6) is 1.10. The summed E-state index contributed by atoms with van der Waals surface area (Å²) >= 11 is 0. The van der Waals surface area contributed by atoms with Gasteiger partial charge in [0, 0.05) is 39.2 Å². The van der Waals surface area contributed by atoms with Crippen molar-refractivity contribution < 1.29 is 0 Å². The molecule has 0 atom stereocenters. The third kappa shape index (κ3) is 2.82. The van der Waals surface area contributed by atoms with Crippen LogP contribution in [-0.2, 0) is 33.5 Å². The predicted molar refractivity (Wildman–Crippen MR) is 102 cm³/mol. The summed E-state index contributed by atoms with van der Waals surface area (Å²) in [6, 6.07) is 6.04. The molecule has 0 amide bonds. The van der Waals surface area contributed by atoms with Crippen LogP contribution in [0.25, 0.3) is 11.0 Å². The molecule has 0 bridgehead atoms. The van der Waals surface area contributed by atoms with Crippen molar-refractivity contribution in [2.45, 2.75) is 19.4 Å². The van der Waals surface area contributed by atoms with Gasteiger partial charge in [-0.2, -0.15) is 4.98 Å². The van der Waals surface area contributed by atoms with Gasteiger partial charge >= 0.3 is 5.69 Å². The molecule has 3 aromatic rings. The van der Waals surface area contributed by atoms with Gasteiger partial charge in [-0.15, -0.1) is 0 Å². The molecule has 26 heavy (non-hydrogen) atoms. The molecule has 1 aliphatic heterocycles. The molecule has 0 radical (unpaired) electrons. The minimum Gasteiger partial charge on any atom is -0.368 e. The number of aryl methyl sites for hydroxylation is 2. The smallest absolute Gasteiger partial charge is 0.328 e. The molecule has 136 valence electrons. The average Bonchev–Trinajstić information content (AvgIpc) is 2.81. The van der Waals surface area contributed by atoms with Gasteiger partial charge in [-0.1, -0.05) is 6.07 Å². The fourth-order valence-corrected chi connectivity index (χ4v) is 3.56. The van der Waals surface area contributed by atoms with Crippen LogP contribution in [-0.4, -0.2) is 32.2 Å². The number of rotatable bonds is 3. The molecule has 4 rings (SSSR count). The normalized spacial score (nSPS) is 14.2. The summed E-state index contributed by atoms with van der Waals surface area (Å²) in [5.41, 5.74) is 10.9. The number of aromatic nitrogens is 4. The third-order valence-corrected chi connectivity index (χ3v) is 5.00. The topological polar surface area (TPSA) is 103 Å². The maximum Gasteiger partial charge on any atom is 0.328 e. The Kier molecular flexibility index (Phi) is 4.12. The highest BCUT2D eigenvalue weighted by molar-refractivity contribution is 5.77. The first-order valence-electron chi connectivity index (χ1n) is 8.79. The Balaban J connectivity index is 1.63. The van der Waals surface area contributed by atoms with Crippen molar-refractivity contribution >= 4 is 22.8 Å². The van der Waals surface area contributed by atoms with Gasteiger partial charge in [0.15, 0.2) is 0 Å². The Morgan fingerprint density at radius 3 is 2.77 bits per heavy atom. The van der Waals surface area contributed by atoms with Crippen molar-refractivity contribution in [3.05, 3.63) is 45.5 Å². The van der Waals surface area contributed by atoms with Crippen LogP contribution in [0.4, 0.5) is 11.8 Å². The van der Waals surface area contributed by atoms with E-state index >= 15 is 0 Å². The molecular formula is C18H23N7O. The lowest BCUT2D eigenvalue weighted by Crippen LogP contribution is -2.19. The van der Waals surface area contributed by atoms with E-state index in [4.69, 9.17) is 5.73 Å². The number of nitrogens with two attached hydrogens (primary N) is 1. The van der Waals surface area contributed by atoms with Crippen LogP contribution in [0.2, 0.25) is 0 Å². The molecule has 8 heteroatoms. The lowest BCUT2D eigenvalue weighted by molar-refractivity contribution is 0.708. The summed E-state index contributed by atoms with van der Waals surface area (Å²) in [6.45, 7) is 2.42. The van der Waals surface area contributed by atoms with Crippen molar-refractivity contribution in [3.8, 4) is 0 Å². The molecular weight excluding hydrogens is 330 g/mol. The molecule has 1 aliphatic rings. The lowest BCUT2D eigenvalue weighted by Gasteiger charge is -2.13. The monoisotopic (exact) mass is 353 g/mol. The van der Waals surface area contributed by atoms with E-state index in [-0.39, 0.29) is 5.69 Å². The summed E-state index contributed by atoms with van der Waals surface area (Å²) in [7, 11) is 3.58. The van der Waals surface area contributed by atoms with E-state index in [0.29, 0.717) is 12.5 Å². The number of imidazole rings is 1. The standard InChI is InChI=1S/C18H23N7O/c1-24-14-4-3-11(9-15(14)25(2)18(24)26)10-21-16-12-5-7-20-8-6-13(12)22-17(19)23-16/h3-4,9,20H,5-8,10H2,1-2H3,(H3,19,21,22,23). The van der Waals surface area contributed by atoms with Crippen molar-refractivity contribution in [1.29, 1.82) is 0 Å². The SMILES string of the molecule is Cn1c(=O)n(C)c2cc(CNc3nc(N)nc4c3CCNCC4)ccc21. The van der Waals surface area contributed by atoms with Crippen molar-refractivity contribution in [3.63, 3.8) is 0 Å². The summed E-state index contributed by atoms with van der Waals surface area (Å²) in [6.07, 6.45) is 1.74. The Morgan fingerprint density at radius 1 is 1.15 bits per heavy atom. The zero-order chi connectivity index (χ0) is 18.3. The zero-order valence-electron chi connectivity index (χ0n) is 15.0. The molecule has 8 nitrogen and oxygen atoms in total. The van der Waals surface area contributed by atoms with Gasteiger partial charge in [-0.25, -0.2) is 9.78 Å². The van der Waals surface area contributed by atoms with Crippen LogP contribution >= 0.6 is 0 Å². The van der Waals surface area contributed by atoms with Gasteiger partial charge < -0.3 is 16.4 Å². The van der Waals surface area contributed by atoms with Gasteiger partial charge in [-0.05, 0) is 30.7 Å². The Bertz CT molecular complexity index is 1030. The Morgan fingerprint density at radius 2 is 1.92 bits per heavy atom. The Hall–Kier alpha value is -2.87. The van der Waals surface area contributed by atoms with E-state index in [2.05, 4.69) is 20.6 Å². The maximum absolute atomic E-state index is 12.1. The molecule has 0 fully saturated rings. The zero-order valence-corrected chi connectivity index (χ0v) is 15.0. The molecule has 4 N–H and O–H groups in total. The van der Waals surface area contributed by atoms with Crippen LogP contribution in [0.1, 0.15) is 16.8 Å². The highest BCUT2D eigenvalue weighted by Crippen LogP contribution is 2.22. The van der Waals surface area contributed by atoms with Crippen LogP contribution in [0.5, 0.6) is 0 Å². The van der Waals surface area contributed by atoms with E-state index < -0.39 is 0 Å². The average molecular weight is 353 g/mol. The summed E-state index contributed by atoms with van der Waals surface area (Å²) in [4.78, 5) is 20.9. The number of hydrogen-bond acceptors (Lipinski definition) is 6. The van der Waals surface area contributed by atoms with Gasteiger partial charge in [-0.3, -0.25) is 9.13 Å². The first kappa shape index (κ1) is 16.6. The van der Waals surface area contributed by atoms with Gasteiger partial charge in [0.2, 0.25) is 5.95 Å². The summed E-state index contributed by atoms with van der Waals surface area (Å²) in [5, 5.41) is 6.79. The molecule has 0 saturated heterocycles. The molecule has 0 unspecified atom stereocenters. The number of hydrogen-bond donors (Lipinski definition) is 3. The van der Waals surface area contributed by atoms with Crippen LogP contribution in [0.15, 0.2) is 23.0 Å². The number of nitrogens with one attached hydrogen (secondary N) is 2. The lowest BCUT2D eigenvalue weighted by atomic mass is 10.1. The van der Waals surface area contributed by atoms with Crippen LogP contribution < -0.4 is 22.1 Å². The second-order valence-corrected chi connectivity index (χ2v) is 6.68. The first-order valence-corrected chi connectivity index (χ1v) is 8.79. The number of nitrogens with zero attached hydrogens (tertiary/aromatic N) is 4. The minimum atomic E-state index is -0.0218. The largest absolute Gasteiger partial charge is 0.368 e. The molecule has 0 spiro atoms.